The molecule has 1 atom stereocenters. The molecule has 1 nitrogen and oxygen atoms in total. The molecular formula is C19H22BrN. The summed E-state index contributed by atoms with van der Waals surface area (Å²) >= 11 is 3.55. The first-order valence-corrected chi connectivity index (χ1v) is 8.49. The van der Waals surface area contributed by atoms with E-state index in [0.717, 1.165) is 10.4 Å². The third-order valence-electron chi connectivity index (χ3n) is 4.49. The average Bonchev–Trinajstić information content (AvgIpc) is 2.42. The standard InChI is InChI=1S/C19H22BrN/c1-13-5-3-7-16(9-13)17-11-19(12-17)21-14(2)15-6-4-8-18(20)10-15/h3-10,14,17,19,21H,11-12H2,1-2H3/t14-,17?,19?/m1/s1. The van der Waals surface area contributed by atoms with Crippen LogP contribution in [-0.4, -0.2) is 6.04 Å². The van der Waals surface area contributed by atoms with Crippen LogP contribution < -0.4 is 5.32 Å². The molecule has 0 saturated heterocycles. The van der Waals surface area contributed by atoms with Crippen LogP contribution in [0.1, 0.15) is 48.4 Å². The van der Waals surface area contributed by atoms with Crippen molar-refractivity contribution >= 4 is 15.9 Å². The van der Waals surface area contributed by atoms with Crippen molar-refractivity contribution in [3.05, 3.63) is 69.7 Å². The van der Waals surface area contributed by atoms with E-state index >= 15 is 0 Å². The van der Waals surface area contributed by atoms with Crippen LogP contribution >= 0.6 is 15.9 Å². The molecule has 2 aromatic rings. The molecule has 1 fully saturated rings. The Bertz CT molecular complexity index is 616. The van der Waals surface area contributed by atoms with E-state index in [4.69, 9.17) is 0 Å². The van der Waals surface area contributed by atoms with Gasteiger partial charge in [0.15, 0.2) is 0 Å². The summed E-state index contributed by atoms with van der Waals surface area (Å²) in [6.07, 6.45) is 2.50. The minimum atomic E-state index is 0.408. The van der Waals surface area contributed by atoms with E-state index in [1.165, 1.54) is 29.5 Å². The Morgan fingerprint density at radius 3 is 2.57 bits per heavy atom. The Labute approximate surface area is 135 Å². The fourth-order valence-corrected chi connectivity index (χ4v) is 3.59. The van der Waals surface area contributed by atoms with Crippen molar-refractivity contribution in [3.63, 3.8) is 0 Å². The first kappa shape index (κ1) is 14.8. The molecule has 1 N–H and O–H groups in total. The molecule has 0 radical (unpaired) electrons. The van der Waals surface area contributed by atoms with Crippen LogP contribution in [0, 0.1) is 6.92 Å². The molecule has 2 heteroatoms. The number of hydrogen-bond donors (Lipinski definition) is 1. The zero-order valence-corrected chi connectivity index (χ0v) is 14.2. The van der Waals surface area contributed by atoms with Gasteiger partial charge in [0.2, 0.25) is 0 Å². The number of halogens is 1. The van der Waals surface area contributed by atoms with Gasteiger partial charge in [0.1, 0.15) is 0 Å². The van der Waals surface area contributed by atoms with Crippen LogP contribution in [0.2, 0.25) is 0 Å². The monoisotopic (exact) mass is 343 g/mol. The summed E-state index contributed by atoms with van der Waals surface area (Å²) < 4.78 is 1.15. The lowest BCUT2D eigenvalue weighted by Crippen LogP contribution is -2.41. The molecule has 1 saturated carbocycles. The van der Waals surface area contributed by atoms with Crippen LogP contribution in [0.5, 0.6) is 0 Å². The quantitative estimate of drug-likeness (QED) is 0.788. The second kappa shape index (κ2) is 6.33. The fourth-order valence-electron chi connectivity index (χ4n) is 3.18. The molecule has 0 amide bonds. The fraction of sp³-hybridized carbons (Fsp3) is 0.368. The third-order valence-corrected chi connectivity index (χ3v) is 4.98. The summed E-state index contributed by atoms with van der Waals surface area (Å²) in [6, 6.07) is 18.6. The highest BCUT2D eigenvalue weighted by Crippen LogP contribution is 2.38. The molecule has 1 aliphatic rings. The lowest BCUT2D eigenvalue weighted by molar-refractivity contribution is 0.271. The smallest absolute Gasteiger partial charge is 0.0294 e. The molecule has 2 aromatic carbocycles. The van der Waals surface area contributed by atoms with E-state index in [9.17, 15) is 0 Å². The van der Waals surface area contributed by atoms with Gasteiger partial charge < -0.3 is 5.32 Å². The lowest BCUT2D eigenvalue weighted by atomic mass is 9.75. The van der Waals surface area contributed by atoms with Gasteiger partial charge in [-0.2, -0.15) is 0 Å². The summed E-state index contributed by atoms with van der Waals surface area (Å²) in [6.45, 7) is 4.43. The van der Waals surface area contributed by atoms with Gasteiger partial charge in [-0.05, 0) is 55.9 Å². The molecule has 110 valence electrons. The molecule has 21 heavy (non-hydrogen) atoms. The molecule has 0 heterocycles. The summed E-state index contributed by atoms with van der Waals surface area (Å²) in [5.41, 5.74) is 4.22. The number of benzene rings is 2. The van der Waals surface area contributed by atoms with Crippen molar-refractivity contribution in [1.29, 1.82) is 0 Å². The normalized spacial score (nSPS) is 22.6. The molecule has 0 unspecified atom stereocenters. The number of nitrogens with one attached hydrogen (secondary N) is 1. The SMILES string of the molecule is Cc1cccc(C2CC(N[C@H](C)c3cccc(Br)c3)C2)c1. The van der Waals surface area contributed by atoms with Crippen LogP contribution in [0.25, 0.3) is 0 Å². The molecular weight excluding hydrogens is 322 g/mol. The molecule has 0 aliphatic heterocycles. The minimum absolute atomic E-state index is 0.408. The van der Waals surface area contributed by atoms with Gasteiger partial charge in [-0.15, -0.1) is 0 Å². The number of aryl methyl sites for hydroxylation is 1. The first-order valence-electron chi connectivity index (χ1n) is 7.70. The topological polar surface area (TPSA) is 12.0 Å². The maximum atomic E-state index is 3.75. The highest BCUT2D eigenvalue weighted by molar-refractivity contribution is 9.10. The van der Waals surface area contributed by atoms with Crippen molar-refractivity contribution in [1.82, 2.24) is 5.32 Å². The summed E-state index contributed by atoms with van der Waals surface area (Å²) in [5, 5.41) is 3.75. The van der Waals surface area contributed by atoms with E-state index in [0.29, 0.717) is 12.1 Å². The minimum Gasteiger partial charge on any atom is -0.307 e. The Morgan fingerprint density at radius 2 is 1.86 bits per heavy atom. The Balaban J connectivity index is 1.55. The van der Waals surface area contributed by atoms with Crippen molar-refractivity contribution < 1.29 is 0 Å². The highest BCUT2D eigenvalue weighted by atomic mass is 79.9. The van der Waals surface area contributed by atoms with Gasteiger partial charge >= 0.3 is 0 Å². The maximum absolute atomic E-state index is 3.75. The Kier molecular flexibility index (Phi) is 4.46. The Morgan fingerprint density at radius 1 is 1.10 bits per heavy atom. The molecule has 1 aliphatic carbocycles. The van der Waals surface area contributed by atoms with E-state index in [2.05, 4.69) is 83.6 Å². The van der Waals surface area contributed by atoms with Crippen molar-refractivity contribution in [2.45, 2.75) is 44.7 Å². The predicted octanol–water partition coefficient (Wildman–Crippen LogP) is 5.35. The van der Waals surface area contributed by atoms with Gasteiger partial charge in [0.25, 0.3) is 0 Å². The van der Waals surface area contributed by atoms with Gasteiger partial charge in [-0.25, -0.2) is 0 Å². The van der Waals surface area contributed by atoms with E-state index in [1.54, 1.807) is 0 Å². The second-order valence-electron chi connectivity index (χ2n) is 6.22. The van der Waals surface area contributed by atoms with Crippen LogP contribution in [0.4, 0.5) is 0 Å². The molecule has 3 rings (SSSR count). The Hall–Kier alpha value is -1.12. The van der Waals surface area contributed by atoms with E-state index < -0.39 is 0 Å². The largest absolute Gasteiger partial charge is 0.307 e. The molecule has 0 bridgehead atoms. The van der Waals surface area contributed by atoms with Crippen LogP contribution in [0.3, 0.4) is 0 Å². The first-order chi connectivity index (χ1) is 10.1. The summed E-state index contributed by atoms with van der Waals surface area (Å²) in [7, 11) is 0. The lowest BCUT2D eigenvalue weighted by Gasteiger charge is -2.38. The highest BCUT2D eigenvalue weighted by Gasteiger charge is 2.31. The maximum Gasteiger partial charge on any atom is 0.0294 e. The van der Waals surface area contributed by atoms with Crippen LogP contribution in [-0.2, 0) is 0 Å². The zero-order valence-electron chi connectivity index (χ0n) is 12.6. The van der Waals surface area contributed by atoms with Crippen LogP contribution in [0.15, 0.2) is 53.0 Å². The van der Waals surface area contributed by atoms with E-state index in [-0.39, 0.29) is 0 Å². The second-order valence-corrected chi connectivity index (χ2v) is 7.14. The van der Waals surface area contributed by atoms with Crippen molar-refractivity contribution in [3.8, 4) is 0 Å². The zero-order chi connectivity index (χ0) is 14.8. The summed E-state index contributed by atoms with van der Waals surface area (Å²) in [4.78, 5) is 0. The summed E-state index contributed by atoms with van der Waals surface area (Å²) in [5.74, 6) is 0.733. The van der Waals surface area contributed by atoms with Gasteiger partial charge in [-0.3, -0.25) is 0 Å². The predicted molar refractivity (Wildman–Crippen MR) is 92.6 cm³/mol. The molecule has 0 spiro atoms. The number of hydrogen-bond acceptors (Lipinski definition) is 1. The van der Waals surface area contributed by atoms with Crippen molar-refractivity contribution in [2.75, 3.05) is 0 Å². The third kappa shape index (κ3) is 3.56. The van der Waals surface area contributed by atoms with Gasteiger partial charge in [0.05, 0.1) is 0 Å². The van der Waals surface area contributed by atoms with Gasteiger partial charge in [-0.1, -0.05) is 57.9 Å². The average molecular weight is 344 g/mol. The molecule has 0 aromatic heterocycles. The van der Waals surface area contributed by atoms with E-state index in [1.807, 2.05) is 0 Å². The van der Waals surface area contributed by atoms with Gasteiger partial charge in [0, 0.05) is 16.6 Å². The number of rotatable bonds is 4. The van der Waals surface area contributed by atoms with Crippen molar-refractivity contribution in [2.24, 2.45) is 0 Å².